The van der Waals surface area contributed by atoms with Crippen LogP contribution >= 0.6 is 11.3 Å². The maximum atomic E-state index is 13.1. The number of aromatic nitrogens is 2. The number of alkyl halides is 3. The fourth-order valence-corrected chi connectivity index (χ4v) is 4.79. The number of carbonyl (C=O) groups is 1. The summed E-state index contributed by atoms with van der Waals surface area (Å²) < 4.78 is 46.3. The van der Waals surface area contributed by atoms with Crippen LogP contribution in [0.1, 0.15) is 44.1 Å². The number of hydrogen-bond donors (Lipinski definition) is 1. The lowest BCUT2D eigenvalue weighted by molar-refractivity contribution is -0.142. The van der Waals surface area contributed by atoms with E-state index in [9.17, 15) is 32.7 Å². The Morgan fingerprint density at radius 1 is 1.30 bits per heavy atom. The SMILES string of the molecule is Cc1c(C=NN(C(=O)O)C(C)(C)C)sc2c1c(=O)n(CC(F)(F)F)c(=O)n2CC1CCCO1. The number of rotatable bonds is 5. The standard InChI is InChI=1S/C20H25F3N4O5S/c1-11-13(8-24-27(18(30)31)19(2,3)4)33-16-14(11)15(28)26(10-20(21,22)23)17(29)25(16)9-12-6-5-7-32-12/h8,12H,5-7,9-10H2,1-4H3,(H,30,31). The van der Waals surface area contributed by atoms with Gasteiger partial charge in [-0.25, -0.2) is 9.59 Å². The normalized spacial score (nSPS) is 17.4. The van der Waals surface area contributed by atoms with Crippen molar-refractivity contribution in [1.82, 2.24) is 14.1 Å². The van der Waals surface area contributed by atoms with E-state index >= 15 is 0 Å². The highest BCUT2D eigenvalue weighted by Gasteiger charge is 2.32. The van der Waals surface area contributed by atoms with Crippen molar-refractivity contribution in [3.63, 3.8) is 0 Å². The third kappa shape index (κ3) is 5.29. The van der Waals surface area contributed by atoms with E-state index in [4.69, 9.17) is 4.74 Å². The maximum Gasteiger partial charge on any atom is 0.428 e. The molecule has 0 spiro atoms. The highest BCUT2D eigenvalue weighted by molar-refractivity contribution is 7.20. The average molecular weight is 491 g/mol. The molecule has 1 aliphatic rings. The van der Waals surface area contributed by atoms with E-state index in [1.165, 1.54) is 13.1 Å². The average Bonchev–Trinajstić information content (AvgIpc) is 3.28. The van der Waals surface area contributed by atoms with Gasteiger partial charge in [-0.05, 0) is 46.1 Å². The van der Waals surface area contributed by atoms with Crippen LogP contribution in [0.3, 0.4) is 0 Å². The van der Waals surface area contributed by atoms with Gasteiger partial charge in [-0.1, -0.05) is 0 Å². The highest BCUT2D eigenvalue weighted by Crippen LogP contribution is 2.28. The Labute approximate surface area is 190 Å². The number of halogens is 3. The Hall–Kier alpha value is -2.67. The first-order chi connectivity index (χ1) is 15.2. The van der Waals surface area contributed by atoms with Crippen LogP contribution in [0.4, 0.5) is 18.0 Å². The van der Waals surface area contributed by atoms with Crippen molar-refractivity contribution in [2.24, 2.45) is 5.10 Å². The molecule has 33 heavy (non-hydrogen) atoms. The molecule has 2 aromatic rings. The van der Waals surface area contributed by atoms with Crippen LogP contribution in [0.2, 0.25) is 0 Å². The number of hydrazone groups is 1. The first-order valence-electron chi connectivity index (χ1n) is 10.2. The molecule has 0 aromatic carbocycles. The van der Waals surface area contributed by atoms with Crippen LogP contribution < -0.4 is 11.2 Å². The van der Waals surface area contributed by atoms with E-state index < -0.39 is 35.6 Å². The van der Waals surface area contributed by atoms with E-state index in [2.05, 4.69) is 5.10 Å². The highest BCUT2D eigenvalue weighted by atomic mass is 32.1. The predicted octanol–water partition coefficient (Wildman–Crippen LogP) is 3.39. The third-order valence-electron chi connectivity index (χ3n) is 5.19. The van der Waals surface area contributed by atoms with Crippen LogP contribution in [0, 0.1) is 6.92 Å². The van der Waals surface area contributed by atoms with Gasteiger partial charge in [0.05, 0.1) is 34.7 Å². The Kier molecular flexibility index (Phi) is 6.76. The molecule has 1 saturated heterocycles. The maximum absolute atomic E-state index is 13.1. The quantitative estimate of drug-likeness (QED) is 0.511. The van der Waals surface area contributed by atoms with Crippen molar-refractivity contribution in [2.45, 2.75) is 71.4 Å². The Morgan fingerprint density at radius 3 is 2.48 bits per heavy atom. The van der Waals surface area contributed by atoms with Crippen molar-refractivity contribution in [2.75, 3.05) is 6.61 Å². The number of ether oxygens (including phenoxy) is 1. The summed E-state index contributed by atoms with van der Waals surface area (Å²) >= 11 is 0.997. The van der Waals surface area contributed by atoms with E-state index in [1.807, 2.05) is 0 Å². The van der Waals surface area contributed by atoms with Gasteiger partial charge in [0.1, 0.15) is 11.4 Å². The summed E-state index contributed by atoms with van der Waals surface area (Å²) in [5.41, 5.74) is -2.64. The molecule has 3 rings (SSSR count). The number of thiophene rings is 1. The largest absolute Gasteiger partial charge is 0.464 e. The van der Waals surface area contributed by atoms with Crippen LogP contribution in [-0.4, -0.2) is 56.0 Å². The third-order valence-corrected chi connectivity index (χ3v) is 6.44. The molecule has 0 saturated carbocycles. The van der Waals surface area contributed by atoms with Crippen molar-refractivity contribution in [1.29, 1.82) is 0 Å². The molecule has 1 aliphatic heterocycles. The van der Waals surface area contributed by atoms with Crippen LogP contribution in [0.15, 0.2) is 14.7 Å². The van der Waals surface area contributed by atoms with Crippen molar-refractivity contribution in [3.8, 4) is 0 Å². The Bertz CT molecular complexity index is 1200. The van der Waals surface area contributed by atoms with Crippen molar-refractivity contribution >= 4 is 33.9 Å². The molecule has 2 aromatic heterocycles. The van der Waals surface area contributed by atoms with E-state index in [1.54, 1.807) is 20.8 Å². The van der Waals surface area contributed by atoms with Gasteiger partial charge < -0.3 is 9.84 Å². The molecule has 1 fully saturated rings. The van der Waals surface area contributed by atoms with Gasteiger partial charge >= 0.3 is 18.0 Å². The molecular formula is C20H25F3N4O5S. The second-order valence-electron chi connectivity index (χ2n) is 8.82. The lowest BCUT2D eigenvalue weighted by Gasteiger charge is -2.27. The van der Waals surface area contributed by atoms with Gasteiger partial charge in [-0.15, -0.1) is 11.3 Å². The summed E-state index contributed by atoms with van der Waals surface area (Å²) in [6.07, 6.45) is -3.76. The summed E-state index contributed by atoms with van der Waals surface area (Å²) in [6.45, 7) is 5.25. The van der Waals surface area contributed by atoms with Crippen LogP contribution in [0.25, 0.3) is 10.2 Å². The van der Waals surface area contributed by atoms with E-state index in [0.29, 0.717) is 23.5 Å². The number of hydrogen-bond acceptors (Lipinski definition) is 6. The molecule has 0 bridgehead atoms. The zero-order chi connectivity index (χ0) is 24.7. The minimum absolute atomic E-state index is 0.00719. The summed E-state index contributed by atoms with van der Waals surface area (Å²) in [5, 5.41) is 14.2. The molecular weight excluding hydrogens is 465 g/mol. The molecule has 9 nitrogen and oxygen atoms in total. The number of carboxylic acid groups (broad SMARTS) is 1. The smallest absolute Gasteiger partial charge is 0.428 e. The lowest BCUT2D eigenvalue weighted by atomic mass is 10.1. The number of aryl methyl sites for hydroxylation is 1. The summed E-state index contributed by atoms with van der Waals surface area (Å²) in [5.74, 6) is 0. The fraction of sp³-hybridized carbons (Fsp3) is 0.600. The molecule has 1 unspecified atom stereocenters. The predicted molar refractivity (Wildman–Crippen MR) is 117 cm³/mol. The Morgan fingerprint density at radius 2 is 1.97 bits per heavy atom. The first-order valence-corrected chi connectivity index (χ1v) is 11.0. The second-order valence-corrected chi connectivity index (χ2v) is 9.85. The number of amides is 1. The van der Waals surface area contributed by atoms with Gasteiger partial charge in [0.25, 0.3) is 5.56 Å². The van der Waals surface area contributed by atoms with Crippen LogP contribution in [-0.2, 0) is 17.8 Å². The van der Waals surface area contributed by atoms with Gasteiger partial charge in [-0.3, -0.25) is 13.9 Å². The van der Waals surface area contributed by atoms with Crippen molar-refractivity contribution in [3.05, 3.63) is 31.3 Å². The molecule has 13 heteroatoms. The van der Waals surface area contributed by atoms with E-state index in [0.717, 1.165) is 27.3 Å². The topological polar surface area (TPSA) is 106 Å². The monoisotopic (exact) mass is 490 g/mol. The van der Waals surface area contributed by atoms with Gasteiger partial charge in [0.2, 0.25) is 0 Å². The van der Waals surface area contributed by atoms with Crippen LogP contribution in [0.5, 0.6) is 0 Å². The van der Waals surface area contributed by atoms with Gasteiger partial charge in [0, 0.05) is 6.61 Å². The molecule has 1 amide bonds. The van der Waals surface area contributed by atoms with Crippen molar-refractivity contribution < 1.29 is 27.8 Å². The summed E-state index contributed by atoms with van der Waals surface area (Å²) in [7, 11) is 0. The number of fused-ring (bicyclic) bond motifs is 1. The zero-order valence-corrected chi connectivity index (χ0v) is 19.4. The first kappa shape index (κ1) is 25.0. The second kappa shape index (κ2) is 8.93. The minimum Gasteiger partial charge on any atom is -0.464 e. The molecule has 1 atom stereocenters. The lowest BCUT2D eigenvalue weighted by Crippen LogP contribution is -2.44. The fourth-order valence-electron chi connectivity index (χ4n) is 3.63. The van der Waals surface area contributed by atoms with E-state index in [-0.39, 0.29) is 27.4 Å². The number of nitrogens with zero attached hydrogens (tertiary/aromatic N) is 4. The molecule has 3 heterocycles. The van der Waals surface area contributed by atoms with Gasteiger partial charge in [0.15, 0.2) is 0 Å². The summed E-state index contributed by atoms with van der Waals surface area (Å²) in [6, 6.07) is 0. The molecule has 1 N–H and O–H groups in total. The summed E-state index contributed by atoms with van der Waals surface area (Å²) in [4.78, 5) is 38.0. The molecule has 0 radical (unpaired) electrons. The van der Waals surface area contributed by atoms with Gasteiger partial charge in [-0.2, -0.15) is 23.3 Å². The molecule has 182 valence electrons. The zero-order valence-electron chi connectivity index (χ0n) is 18.6. The molecule has 0 aliphatic carbocycles. The Balaban J connectivity index is 2.21. The minimum atomic E-state index is -4.76.